The van der Waals surface area contributed by atoms with E-state index in [1.807, 2.05) is 6.07 Å². The second-order valence-electron chi connectivity index (χ2n) is 4.42. The highest BCUT2D eigenvalue weighted by Crippen LogP contribution is 2.33. The lowest BCUT2D eigenvalue weighted by Crippen LogP contribution is -2.32. The van der Waals surface area contributed by atoms with E-state index in [0.717, 1.165) is 30.6 Å². The Morgan fingerprint density at radius 1 is 1.29 bits per heavy atom. The van der Waals surface area contributed by atoms with E-state index in [1.165, 1.54) is 0 Å². The molecule has 17 heavy (non-hydrogen) atoms. The van der Waals surface area contributed by atoms with Gasteiger partial charge < -0.3 is 20.2 Å². The summed E-state index contributed by atoms with van der Waals surface area (Å²) in [4.78, 5) is 2.13. The zero-order chi connectivity index (χ0) is 12.3. The van der Waals surface area contributed by atoms with Crippen molar-refractivity contribution in [3.63, 3.8) is 0 Å². The van der Waals surface area contributed by atoms with Crippen molar-refractivity contribution in [3.8, 4) is 5.75 Å². The molecule has 1 atom stereocenters. The van der Waals surface area contributed by atoms with Crippen molar-refractivity contribution < 1.29 is 15.3 Å². The summed E-state index contributed by atoms with van der Waals surface area (Å²) in [6.07, 6.45) is 2.47. The molecule has 1 fully saturated rings. The Bertz CT molecular complexity index is 381. The number of hydrogen-bond donors (Lipinski definition) is 3. The number of phenols is 1. The van der Waals surface area contributed by atoms with Crippen LogP contribution < -0.4 is 4.90 Å². The minimum atomic E-state index is 0.0161. The summed E-state index contributed by atoms with van der Waals surface area (Å²) in [5.41, 5.74) is 1.71. The number of anilines is 1. The number of hydrogen-bond acceptors (Lipinski definition) is 4. The first-order chi connectivity index (χ1) is 8.27. The molecule has 1 aliphatic rings. The molecular weight excluding hydrogens is 218 g/mol. The highest BCUT2D eigenvalue weighted by Gasteiger charge is 2.26. The molecule has 0 aliphatic carbocycles. The van der Waals surface area contributed by atoms with Crippen LogP contribution in [0.15, 0.2) is 18.2 Å². The van der Waals surface area contributed by atoms with E-state index in [2.05, 4.69) is 4.90 Å². The fourth-order valence-corrected chi connectivity index (χ4v) is 2.54. The first kappa shape index (κ1) is 12.2. The molecule has 1 unspecified atom stereocenters. The van der Waals surface area contributed by atoms with Crippen LogP contribution in [0.1, 0.15) is 18.4 Å². The van der Waals surface area contributed by atoms with E-state index in [0.29, 0.717) is 6.42 Å². The van der Waals surface area contributed by atoms with Crippen molar-refractivity contribution in [2.24, 2.45) is 0 Å². The molecule has 1 aliphatic heterocycles. The maximum Gasteiger partial charge on any atom is 0.120 e. The normalized spacial score (nSPS) is 19.9. The van der Waals surface area contributed by atoms with Gasteiger partial charge in [0.25, 0.3) is 0 Å². The Labute approximate surface area is 101 Å². The maximum absolute atomic E-state index is 9.84. The summed E-state index contributed by atoms with van der Waals surface area (Å²) in [5.74, 6) is 0.222. The molecular formula is C13H19NO3. The van der Waals surface area contributed by atoms with Gasteiger partial charge in [-0.05, 0) is 25.0 Å². The van der Waals surface area contributed by atoms with Crippen molar-refractivity contribution >= 4 is 5.69 Å². The van der Waals surface area contributed by atoms with Crippen LogP contribution >= 0.6 is 0 Å². The molecule has 1 saturated heterocycles. The van der Waals surface area contributed by atoms with Crippen molar-refractivity contribution in [2.75, 3.05) is 24.7 Å². The summed E-state index contributed by atoms with van der Waals surface area (Å²) >= 11 is 0. The molecule has 0 radical (unpaired) electrons. The van der Waals surface area contributed by atoms with E-state index in [4.69, 9.17) is 5.11 Å². The fraction of sp³-hybridized carbons (Fsp3) is 0.538. The quantitative estimate of drug-likeness (QED) is 0.727. The topological polar surface area (TPSA) is 63.9 Å². The predicted molar refractivity (Wildman–Crippen MR) is 66.4 cm³/mol. The highest BCUT2D eigenvalue weighted by molar-refractivity contribution is 5.60. The summed E-state index contributed by atoms with van der Waals surface area (Å²) < 4.78 is 0. The number of aliphatic hydroxyl groups excluding tert-OH is 2. The van der Waals surface area contributed by atoms with Crippen molar-refractivity contribution in [3.05, 3.63) is 23.8 Å². The Morgan fingerprint density at radius 2 is 2.12 bits per heavy atom. The van der Waals surface area contributed by atoms with Gasteiger partial charge in [-0.15, -0.1) is 0 Å². The second-order valence-corrected chi connectivity index (χ2v) is 4.42. The van der Waals surface area contributed by atoms with Gasteiger partial charge in [0, 0.05) is 30.8 Å². The third kappa shape index (κ3) is 2.37. The standard InChI is InChI=1S/C13H19NO3/c15-8-6-11-12(4-1-5-13(11)17)14-7-2-3-10(14)9-16/h1,4-5,10,15-17H,2-3,6-9H2. The van der Waals surface area contributed by atoms with Gasteiger partial charge in [0.05, 0.1) is 12.6 Å². The highest BCUT2D eigenvalue weighted by atomic mass is 16.3. The first-order valence-electron chi connectivity index (χ1n) is 6.07. The molecule has 0 amide bonds. The number of aromatic hydroxyl groups is 1. The third-order valence-electron chi connectivity index (χ3n) is 3.39. The Balaban J connectivity index is 2.33. The fourth-order valence-electron chi connectivity index (χ4n) is 2.54. The van der Waals surface area contributed by atoms with Crippen molar-refractivity contribution in [1.82, 2.24) is 0 Å². The van der Waals surface area contributed by atoms with E-state index in [9.17, 15) is 10.2 Å². The molecule has 4 heteroatoms. The van der Waals surface area contributed by atoms with Crippen LogP contribution in [0.2, 0.25) is 0 Å². The predicted octanol–water partition coefficient (Wildman–Crippen LogP) is 0.888. The van der Waals surface area contributed by atoms with Gasteiger partial charge in [-0.2, -0.15) is 0 Å². The molecule has 1 heterocycles. The average Bonchev–Trinajstić information content (AvgIpc) is 2.80. The largest absolute Gasteiger partial charge is 0.508 e. The van der Waals surface area contributed by atoms with Gasteiger partial charge in [0.1, 0.15) is 5.75 Å². The molecule has 2 rings (SSSR count). The van der Waals surface area contributed by atoms with Crippen LogP contribution in [0.25, 0.3) is 0 Å². The molecule has 0 bridgehead atoms. The number of phenolic OH excluding ortho intramolecular Hbond substituents is 1. The van der Waals surface area contributed by atoms with Crippen LogP contribution in [-0.4, -0.2) is 41.1 Å². The molecule has 1 aromatic carbocycles. The summed E-state index contributed by atoms with van der Waals surface area (Å²) in [5, 5.41) is 28.2. The lowest BCUT2D eigenvalue weighted by molar-refractivity contribution is 0.266. The SMILES string of the molecule is OCCc1c(O)cccc1N1CCCC1CO. The van der Waals surface area contributed by atoms with E-state index in [-0.39, 0.29) is 25.0 Å². The zero-order valence-corrected chi connectivity index (χ0v) is 9.84. The molecule has 1 aromatic rings. The summed E-state index contributed by atoms with van der Waals surface area (Å²) in [6.45, 7) is 1.05. The van der Waals surface area contributed by atoms with E-state index in [1.54, 1.807) is 12.1 Å². The third-order valence-corrected chi connectivity index (χ3v) is 3.39. The lowest BCUT2D eigenvalue weighted by atomic mass is 10.1. The average molecular weight is 237 g/mol. The number of benzene rings is 1. The number of rotatable bonds is 4. The van der Waals surface area contributed by atoms with E-state index >= 15 is 0 Å². The van der Waals surface area contributed by atoms with Gasteiger partial charge in [0.15, 0.2) is 0 Å². The second kappa shape index (κ2) is 5.38. The number of nitrogens with zero attached hydrogens (tertiary/aromatic N) is 1. The zero-order valence-electron chi connectivity index (χ0n) is 9.84. The minimum absolute atomic E-state index is 0.0161. The van der Waals surface area contributed by atoms with Gasteiger partial charge in [-0.25, -0.2) is 0 Å². The van der Waals surface area contributed by atoms with Crippen molar-refractivity contribution in [2.45, 2.75) is 25.3 Å². The Hall–Kier alpha value is -1.26. The lowest BCUT2D eigenvalue weighted by Gasteiger charge is -2.28. The first-order valence-corrected chi connectivity index (χ1v) is 6.07. The van der Waals surface area contributed by atoms with Crippen LogP contribution in [0.3, 0.4) is 0 Å². The Morgan fingerprint density at radius 3 is 2.82 bits per heavy atom. The van der Waals surface area contributed by atoms with Gasteiger partial charge in [-0.3, -0.25) is 0 Å². The van der Waals surface area contributed by atoms with Crippen LogP contribution in [0.4, 0.5) is 5.69 Å². The summed E-state index contributed by atoms with van der Waals surface area (Å²) in [7, 11) is 0. The van der Waals surface area contributed by atoms with E-state index < -0.39 is 0 Å². The van der Waals surface area contributed by atoms with Crippen molar-refractivity contribution in [1.29, 1.82) is 0 Å². The minimum Gasteiger partial charge on any atom is -0.508 e. The molecule has 4 nitrogen and oxygen atoms in total. The molecule has 0 aromatic heterocycles. The molecule has 94 valence electrons. The number of aliphatic hydroxyl groups is 2. The van der Waals surface area contributed by atoms with Crippen LogP contribution in [-0.2, 0) is 6.42 Å². The van der Waals surface area contributed by atoms with Gasteiger partial charge in [-0.1, -0.05) is 6.07 Å². The van der Waals surface area contributed by atoms with Gasteiger partial charge in [0.2, 0.25) is 0 Å². The Kier molecular flexibility index (Phi) is 3.86. The summed E-state index contributed by atoms with van der Waals surface area (Å²) in [6, 6.07) is 5.52. The maximum atomic E-state index is 9.84. The van der Waals surface area contributed by atoms with Crippen LogP contribution in [0.5, 0.6) is 5.75 Å². The monoisotopic (exact) mass is 237 g/mol. The smallest absolute Gasteiger partial charge is 0.120 e. The molecule has 3 N–H and O–H groups in total. The van der Waals surface area contributed by atoms with Gasteiger partial charge >= 0.3 is 0 Å². The molecule has 0 saturated carbocycles. The molecule has 0 spiro atoms. The van der Waals surface area contributed by atoms with Crippen LogP contribution in [0, 0.1) is 0 Å².